The van der Waals surface area contributed by atoms with Crippen LogP contribution in [0.25, 0.3) is 0 Å². The first kappa shape index (κ1) is 13.4. The van der Waals surface area contributed by atoms with E-state index in [4.69, 9.17) is 9.47 Å². The number of carbonyl (C=O) groups is 1. The fourth-order valence-electron chi connectivity index (χ4n) is 0.790. The highest BCUT2D eigenvalue weighted by Crippen LogP contribution is 2.10. The third-order valence-corrected chi connectivity index (χ3v) is 1.42. The molecule has 0 aromatic carbocycles. The summed E-state index contributed by atoms with van der Waals surface area (Å²) in [6.07, 6.45) is -0.475. The highest BCUT2D eigenvalue weighted by Gasteiger charge is 2.22. The van der Waals surface area contributed by atoms with Gasteiger partial charge >= 0.3 is 5.97 Å². The van der Waals surface area contributed by atoms with Crippen molar-refractivity contribution in [2.45, 2.75) is 53.2 Å². The molecule has 0 aromatic rings. The van der Waals surface area contributed by atoms with Crippen molar-refractivity contribution >= 4 is 5.97 Å². The van der Waals surface area contributed by atoms with E-state index in [9.17, 15) is 4.79 Å². The Morgan fingerprint density at radius 3 is 2.07 bits per heavy atom. The third-order valence-electron chi connectivity index (χ3n) is 1.42. The maximum Gasteiger partial charge on any atom is 0.335 e. The number of ether oxygens (including phenoxy) is 2. The smallest absolute Gasteiger partial charge is 0.335 e. The number of carbonyl (C=O) groups excluding carboxylic acids is 1. The summed E-state index contributed by atoms with van der Waals surface area (Å²) in [6, 6.07) is 0. The molecule has 1 atom stereocenters. The second-order valence-corrected chi connectivity index (χ2v) is 4.90. The summed E-state index contributed by atoms with van der Waals surface area (Å²) in [5, 5.41) is 0. The molecule has 0 aliphatic heterocycles. The predicted octanol–water partition coefficient (Wildman–Crippen LogP) is 2.39. The summed E-state index contributed by atoms with van der Waals surface area (Å²) in [5.41, 5.74) is -0.438. The lowest BCUT2D eigenvalue weighted by Crippen LogP contribution is -2.32. The van der Waals surface area contributed by atoms with Crippen LogP contribution in [0.15, 0.2) is 0 Å². The molecule has 0 fully saturated rings. The Hall–Kier alpha value is -0.570. The Labute approximate surface area is 86.8 Å². The average Bonchev–Trinajstić information content (AvgIpc) is 1.96. The standard InChI is InChI=1S/C11H22O3/c1-8(2)7-13-9(3)10(12)14-11(4,5)6/h8-9H,7H2,1-6H3. The first-order valence-electron chi connectivity index (χ1n) is 5.07. The summed E-state index contributed by atoms with van der Waals surface area (Å²) in [6.45, 7) is 11.9. The Bertz CT molecular complexity index is 179. The highest BCUT2D eigenvalue weighted by molar-refractivity contribution is 5.74. The van der Waals surface area contributed by atoms with Crippen molar-refractivity contribution < 1.29 is 14.3 Å². The monoisotopic (exact) mass is 202 g/mol. The van der Waals surface area contributed by atoms with Gasteiger partial charge in [-0.3, -0.25) is 0 Å². The van der Waals surface area contributed by atoms with Crippen molar-refractivity contribution in [3.05, 3.63) is 0 Å². The molecule has 3 nitrogen and oxygen atoms in total. The lowest BCUT2D eigenvalue weighted by molar-refractivity contribution is -0.168. The second-order valence-electron chi connectivity index (χ2n) is 4.90. The molecule has 1 unspecified atom stereocenters. The summed E-state index contributed by atoms with van der Waals surface area (Å²) in [5.74, 6) is 0.137. The fourth-order valence-corrected chi connectivity index (χ4v) is 0.790. The van der Waals surface area contributed by atoms with Gasteiger partial charge in [-0.15, -0.1) is 0 Å². The van der Waals surface area contributed by atoms with Gasteiger partial charge in [-0.2, -0.15) is 0 Å². The van der Waals surface area contributed by atoms with Crippen LogP contribution in [0.1, 0.15) is 41.5 Å². The summed E-state index contributed by atoms with van der Waals surface area (Å²) < 4.78 is 10.5. The lowest BCUT2D eigenvalue weighted by atomic mass is 10.2. The van der Waals surface area contributed by atoms with E-state index >= 15 is 0 Å². The Balaban J connectivity index is 3.88. The molecule has 0 saturated carbocycles. The van der Waals surface area contributed by atoms with E-state index in [1.807, 2.05) is 34.6 Å². The minimum Gasteiger partial charge on any atom is -0.458 e. The van der Waals surface area contributed by atoms with Crippen molar-refractivity contribution in [2.24, 2.45) is 5.92 Å². The van der Waals surface area contributed by atoms with Gasteiger partial charge in [0.05, 0.1) is 6.61 Å². The maximum absolute atomic E-state index is 11.4. The molecular formula is C11H22O3. The molecule has 0 aromatic heterocycles. The van der Waals surface area contributed by atoms with Crippen LogP contribution in [0, 0.1) is 5.92 Å². The molecular weight excluding hydrogens is 180 g/mol. The zero-order valence-corrected chi connectivity index (χ0v) is 10.1. The topological polar surface area (TPSA) is 35.5 Å². The first-order chi connectivity index (χ1) is 6.22. The molecule has 0 heterocycles. The van der Waals surface area contributed by atoms with Crippen molar-refractivity contribution in [1.82, 2.24) is 0 Å². The van der Waals surface area contributed by atoms with Gasteiger partial charge in [-0.25, -0.2) is 4.79 Å². The summed E-state index contributed by atoms with van der Waals surface area (Å²) in [4.78, 5) is 11.4. The fraction of sp³-hybridized carbons (Fsp3) is 0.909. The predicted molar refractivity (Wildman–Crippen MR) is 56.1 cm³/mol. The minimum atomic E-state index is -0.475. The van der Waals surface area contributed by atoms with Crippen LogP contribution in [0.4, 0.5) is 0 Å². The Kier molecular flexibility index (Phi) is 5.13. The van der Waals surface area contributed by atoms with Crippen LogP contribution < -0.4 is 0 Å². The molecule has 84 valence electrons. The normalized spacial score (nSPS) is 14.2. The minimum absolute atomic E-state index is 0.293. The molecule has 0 amide bonds. The highest BCUT2D eigenvalue weighted by atomic mass is 16.6. The van der Waals surface area contributed by atoms with Crippen LogP contribution in [-0.2, 0) is 14.3 Å². The molecule has 0 rings (SSSR count). The Morgan fingerprint density at radius 2 is 1.71 bits per heavy atom. The number of hydrogen-bond acceptors (Lipinski definition) is 3. The SMILES string of the molecule is CC(C)COC(C)C(=O)OC(C)(C)C. The van der Waals surface area contributed by atoms with Crippen molar-refractivity contribution in [3.8, 4) is 0 Å². The van der Waals surface area contributed by atoms with Gasteiger partial charge in [0.1, 0.15) is 5.60 Å². The van der Waals surface area contributed by atoms with E-state index in [0.717, 1.165) is 0 Å². The van der Waals surface area contributed by atoms with Crippen molar-refractivity contribution in [1.29, 1.82) is 0 Å². The third kappa shape index (κ3) is 6.89. The Morgan fingerprint density at radius 1 is 1.21 bits per heavy atom. The summed E-state index contributed by atoms with van der Waals surface area (Å²) >= 11 is 0. The van der Waals surface area contributed by atoms with Gasteiger partial charge in [0, 0.05) is 0 Å². The van der Waals surface area contributed by atoms with Gasteiger partial charge in [0.15, 0.2) is 6.10 Å². The zero-order valence-electron chi connectivity index (χ0n) is 10.1. The van der Waals surface area contributed by atoms with Crippen LogP contribution in [0.2, 0.25) is 0 Å². The molecule has 0 N–H and O–H groups in total. The van der Waals surface area contributed by atoms with Gasteiger partial charge < -0.3 is 9.47 Å². The van der Waals surface area contributed by atoms with Gasteiger partial charge in [0.2, 0.25) is 0 Å². The van der Waals surface area contributed by atoms with Gasteiger partial charge in [0.25, 0.3) is 0 Å². The van der Waals surface area contributed by atoms with Gasteiger partial charge in [-0.1, -0.05) is 13.8 Å². The molecule has 0 saturated heterocycles. The van der Waals surface area contributed by atoms with Gasteiger partial charge in [-0.05, 0) is 33.6 Å². The maximum atomic E-state index is 11.4. The molecule has 0 spiro atoms. The molecule has 14 heavy (non-hydrogen) atoms. The van der Waals surface area contributed by atoms with Crippen molar-refractivity contribution in [3.63, 3.8) is 0 Å². The van der Waals surface area contributed by atoms with E-state index in [-0.39, 0.29) is 5.97 Å². The second kappa shape index (κ2) is 5.35. The molecule has 0 aliphatic rings. The first-order valence-corrected chi connectivity index (χ1v) is 5.07. The number of esters is 1. The molecule has 0 radical (unpaired) electrons. The largest absolute Gasteiger partial charge is 0.458 e. The van der Waals surface area contributed by atoms with Crippen molar-refractivity contribution in [2.75, 3.05) is 6.61 Å². The summed E-state index contributed by atoms with van der Waals surface area (Å²) in [7, 11) is 0. The van der Waals surface area contributed by atoms with E-state index in [1.54, 1.807) is 6.92 Å². The van der Waals surface area contributed by atoms with Crippen LogP contribution in [-0.4, -0.2) is 24.3 Å². The molecule has 3 heteroatoms. The quantitative estimate of drug-likeness (QED) is 0.657. The van der Waals surface area contributed by atoms with Crippen LogP contribution >= 0.6 is 0 Å². The van der Waals surface area contributed by atoms with E-state index in [2.05, 4.69) is 0 Å². The van der Waals surface area contributed by atoms with E-state index in [1.165, 1.54) is 0 Å². The van der Waals surface area contributed by atoms with Crippen LogP contribution in [0.3, 0.4) is 0 Å². The number of rotatable bonds is 4. The lowest BCUT2D eigenvalue weighted by Gasteiger charge is -2.22. The van der Waals surface area contributed by atoms with Crippen LogP contribution in [0.5, 0.6) is 0 Å². The number of hydrogen-bond donors (Lipinski definition) is 0. The zero-order chi connectivity index (χ0) is 11.4. The molecule has 0 bridgehead atoms. The van der Waals surface area contributed by atoms with E-state index < -0.39 is 11.7 Å². The molecule has 0 aliphatic carbocycles. The average molecular weight is 202 g/mol. The van der Waals surface area contributed by atoms with E-state index in [0.29, 0.717) is 12.5 Å².